The summed E-state index contributed by atoms with van der Waals surface area (Å²) in [5.74, 6) is -2.38. The van der Waals surface area contributed by atoms with Crippen LogP contribution in [0.25, 0.3) is 0 Å². The molecule has 6 rings (SSSR count). The van der Waals surface area contributed by atoms with Gasteiger partial charge in [-0.25, -0.2) is 9.59 Å². The molecule has 0 aromatic heterocycles. The van der Waals surface area contributed by atoms with Crippen LogP contribution in [-0.4, -0.2) is 63.9 Å². The van der Waals surface area contributed by atoms with Crippen LogP contribution in [0.2, 0.25) is 0 Å². The highest BCUT2D eigenvalue weighted by Gasteiger charge is 2.52. The van der Waals surface area contributed by atoms with Gasteiger partial charge in [0.05, 0.1) is 6.67 Å². The Hall–Kier alpha value is -3.59. The first-order valence-corrected chi connectivity index (χ1v) is 13.4. The number of carboxylic acid groups (broad SMARTS) is 2. The predicted molar refractivity (Wildman–Crippen MR) is 141 cm³/mol. The molecule has 2 aromatic rings. The van der Waals surface area contributed by atoms with Gasteiger partial charge in [-0.15, -0.1) is 0 Å². The molecule has 38 heavy (non-hydrogen) atoms. The fourth-order valence-corrected chi connectivity index (χ4v) is 6.65. The number of fused-ring (bicyclic) bond motifs is 1. The Kier molecular flexibility index (Phi) is 7.29. The molecule has 3 aliphatic heterocycles. The largest absolute Gasteiger partial charge is 0.487 e. The Morgan fingerprint density at radius 2 is 1.50 bits per heavy atom. The Balaban J connectivity index is 0.000000443. The van der Waals surface area contributed by atoms with Crippen LogP contribution in [0.15, 0.2) is 54.6 Å². The van der Waals surface area contributed by atoms with Crippen LogP contribution in [0.5, 0.6) is 5.75 Å². The Labute approximate surface area is 222 Å². The van der Waals surface area contributed by atoms with Crippen molar-refractivity contribution in [1.29, 1.82) is 0 Å². The number of rotatable bonds is 2. The molecule has 0 bridgehead atoms. The third-order valence-corrected chi connectivity index (χ3v) is 8.59. The molecular formula is C29H35N3O6. The third kappa shape index (κ3) is 4.95. The molecule has 0 radical (unpaired) electrons. The predicted octanol–water partition coefficient (Wildman–Crippen LogP) is 3.80. The number of anilines is 1. The van der Waals surface area contributed by atoms with Gasteiger partial charge in [0.1, 0.15) is 16.9 Å². The second-order valence-corrected chi connectivity index (χ2v) is 10.7. The van der Waals surface area contributed by atoms with Crippen LogP contribution in [-0.2, 0) is 14.4 Å². The minimum absolute atomic E-state index is 0.00673. The number of piperidine rings is 1. The van der Waals surface area contributed by atoms with E-state index >= 15 is 0 Å². The Bertz CT molecular complexity index is 1160. The zero-order valence-electron chi connectivity index (χ0n) is 21.5. The molecule has 9 nitrogen and oxygen atoms in total. The van der Waals surface area contributed by atoms with E-state index in [1.807, 2.05) is 6.07 Å². The van der Waals surface area contributed by atoms with Gasteiger partial charge in [-0.3, -0.25) is 9.69 Å². The van der Waals surface area contributed by atoms with Crippen molar-refractivity contribution in [1.82, 2.24) is 10.2 Å². The second-order valence-electron chi connectivity index (χ2n) is 10.7. The summed E-state index contributed by atoms with van der Waals surface area (Å²) in [6, 6.07) is 19.4. The Morgan fingerprint density at radius 3 is 2.16 bits per heavy atom. The quantitative estimate of drug-likeness (QED) is 0.511. The number of nitrogens with one attached hydrogen (secondary N) is 1. The van der Waals surface area contributed by atoms with E-state index < -0.39 is 17.5 Å². The fourth-order valence-electron chi connectivity index (χ4n) is 6.65. The number of benzene rings is 2. The van der Waals surface area contributed by atoms with E-state index in [-0.39, 0.29) is 11.5 Å². The average molecular weight is 522 g/mol. The lowest BCUT2D eigenvalue weighted by atomic mass is 9.75. The number of para-hydroxylation sites is 2. The van der Waals surface area contributed by atoms with Crippen LogP contribution in [0, 0.1) is 0 Å². The summed E-state index contributed by atoms with van der Waals surface area (Å²) in [7, 11) is 0. The van der Waals surface area contributed by atoms with Gasteiger partial charge in [-0.05, 0) is 56.7 Å². The van der Waals surface area contributed by atoms with E-state index in [4.69, 9.17) is 24.5 Å². The van der Waals surface area contributed by atoms with Gasteiger partial charge in [0, 0.05) is 36.8 Å². The summed E-state index contributed by atoms with van der Waals surface area (Å²) in [6.07, 6.45) is 8.99. The van der Waals surface area contributed by atoms with E-state index in [1.165, 1.54) is 37.7 Å². The molecular weight excluding hydrogens is 486 g/mol. The lowest BCUT2D eigenvalue weighted by Crippen LogP contribution is -2.57. The van der Waals surface area contributed by atoms with Gasteiger partial charge in [0.15, 0.2) is 0 Å². The van der Waals surface area contributed by atoms with Gasteiger partial charge >= 0.3 is 11.9 Å². The molecule has 202 valence electrons. The first kappa shape index (κ1) is 26.0. The molecule has 2 aromatic carbocycles. The van der Waals surface area contributed by atoms with Crippen molar-refractivity contribution in [3.63, 3.8) is 0 Å². The van der Waals surface area contributed by atoms with E-state index in [0.29, 0.717) is 12.7 Å². The first-order valence-electron chi connectivity index (χ1n) is 13.4. The summed E-state index contributed by atoms with van der Waals surface area (Å²) < 4.78 is 6.67. The summed E-state index contributed by atoms with van der Waals surface area (Å²) in [6.45, 7) is 2.48. The standard InChI is InChI=1S/C27H33N3O2.C2H2O4/c31-25-27(30(20-28-25)21-9-3-1-4-10-21)15-17-29(18-16-27)23-19-26(13-7-2-8-14-26)32-24-12-6-5-11-22(23)24;3-1(4)2(5)6/h1,3-6,9-12,23H,2,7-8,13-20H2,(H,28,31);(H,3,4)(H,5,6). The molecule has 1 atom stereocenters. The number of likely N-dealkylation sites (tertiary alicyclic amines) is 1. The van der Waals surface area contributed by atoms with Crippen LogP contribution < -0.4 is 15.0 Å². The molecule has 2 saturated heterocycles. The topological polar surface area (TPSA) is 119 Å². The number of hydrogen-bond acceptors (Lipinski definition) is 6. The highest BCUT2D eigenvalue weighted by atomic mass is 16.5. The Morgan fingerprint density at radius 1 is 0.868 bits per heavy atom. The number of aliphatic carboxylic acids is 2. The van der Waals surface area contributed by atoms with Crippen LogP contribution in [0.4, 0.5) is 5.69 Å². The number of nitrogens with zero attached hydrogens (tertiary/aromatic N) is 2. The third-order valence-electron chi connectivity index (χ3n) is 8.59. The number of ether oxygens (including phenoxy) is 1. The molecule has 2 spiro atoms. The highest BCUT2D eigenvalue weighted by Crippen LogP contribution is 2.49. The van der Waals surface area contributed by atoms with Crippen molar-refractivity contribution >= 4 is 23.5 Å². The van der Waals surface area contributed by atoms with E-state index in [9.17, 15) is 4.79 Å². The smallest absolute Gasteiger partial charge is 0.414 e. The lowest BCUT2D eigenvalue weighted by Gasteiger charge is -2.50. The van der Waals surface area contributed by atoms with Crippen molar-refractivity contribution in [2.24, 2.45) is 0 Å². The number of amides is 1. The molecule has 1 aliphatic carbocycles. The van der Waals surface area contributed by atoms with Crippen LogP contribution in [0.1, 0.15) is 63.0 Å². The van der Waals surface area contributed by atoms with E-state index in [1.54, 1.807) is 0 Å². The summed E-state index contributed by atoms with van der Waals surface area (Å²) in [4.78, 5) is 36.2. The minimum Gasteiger partial charge on any atom is -0.487 e. The van der Waals surface area contributed by atoms with Crippen LogP contribution >= 0.6 is 0 Å². The van der Waals surface area contributed by atoms with Crippen molar-refractivity contribution < 1.29 is 29.3 Å². The fraction of sp³-hybridized carbons (Fsp3) is 0.483. The van der Waals surface area contributed by atoms with Crippen LogP contribution in [0.3, 0.4) is 0 Å². The molecule has 4 aliphatic rings. The zero-order valence-corrected chi connectivity index (χ0v) is 21.5. The van der Waals surface area contributed by atoms with Gasteiger partial charge in [-0.2, -0.15) is 0 Å². The second kappa shape index (κ2) is 10.6. The molecule has 9 heteroatoms. The number of carboxylic acids is 2. The minimum atomic E-state index is -1.82. The summed E-state index contributed by atoms with van der Waals surface area (Å²) in [5.41, 5.74) is 2.03. The van der Waals surface area contributed by atoms with E-state index in [0.717, 1.165) is 43.8 Å². The maximum absolute atomic E-state index is 13.1. The van der Waals surface area contributed by atoms with E-state index in [2.05, 4.69) is 63.6 Å². The lowest BCUT2D eigenvalue weighted by molar-refractivity contribution is -0.159. The number of carbonyl (C=O) groups excluding carboxylic acids is 1. The monoisotopic (exact) mass is 521 g/mol. The summed E-state index contributed by atoms with van der Waals surface area (Å²) in [5, 5.41) is 17.9. The molecule has 3 N–H and O–H groups in total. The SMILES string of the molecule is O=C(O)C(=O)O.O=C1NCN(c2ccccc2)C12CCN(C1CC3(CCCCC3)Oc3ccccc31)CC2. The molecule has 3 heterocycles. The van der Waals surface area contributed by atoms with Crippen molar-refractivity contribution in [2.75, 3.05) is 24.7 Å². The van der Waals surface area contributed by atoms with Crippen molar-refractivity contribution in [3.05, 3.63) is 60.2 Å². The number of hydrogen-bond donors (Lipinski definition) is 3. The highest BCUT2D eigenvalue weighted by molar-refractivity contribution is 6.27. The molecule has 1 unspecified atom stereocenters. The van der Waals surface area contributed by atoms with Gasteiger partial charge in [0.25, 0.3) is 0 Å². The van der Waals surface area contributed by atoms with Gasteiger partial charge < -0.3 is 25.2 Å². The number of carbonyl (C=O) groups is 3. The van der Waals surface area contributed by atoms with Crippen molar-refractivity contribution in [3.8, 4) is 5.75 Å². The maximum atomic E-state index is 13.1. The normalized spacial score (nSPS) is 23.5. The first-order chi connectivity index (χ1) is 18.3. The molecule has 1 amide bonds. The zero-order chi connectivity index (χ0) is 26.8. The molecule has 1 saturated carbocycles. The van der Waals surface area contributed by atoms with Gasteiger partial charge in [-0.1, -0.05) is 42.8 Å². The van der Waals surface area contributed by atoms with Gasteiger partial charge in [0.2, 0.25) is 5.91 Å². The average Bonchev–Trinajstić information content (AvgIpc) is 3.25. The summed E-state index contributed by atoms with van der Waals surface area (Å²) >= 11 is 0. The maximum Gasteiger partial charge on any atom is 0.414 e. The molecule has 3 fully saturated rings. The van der Waals surface area contributed by atoms with Crippen molar-refractivity contribution in [2.45, 2.75) is 68.5 Å².